The van der Waals surface area contributed by atoms with Gasteiger partial charge in [0.25, 0.3) is 0 Å². The summed E-state index contributed by atoms with van der Waals surface area (Å²) in [6.45, 7) is 2.27. The Morgan fingerprint density at radius 2 is 1.94 bits per heavy atom. The molecule has 2 atom stereocenters. The molecule has 1 nitrogen and oxygen atoms in total. The lowest BCUT2D eigenvalue weighted by Crippen LogP contribution is -2.03. The maximum Gasteiger partial charge on any atom is 0.0348 e. The molecule has 1 N–H and O–H groups in total. The van der Waals surface area contributed by atoms with Gasteiger partial charge in [0.05, 0.1) is 0 Å². The summed E-state index contributed by atoms with van der Waals surface area (Å²) in [6, 6.07) is 15.9. The molecule has 1 aliphatic rings. The predicted molar refractivity (Wildman–Crippen MR) is 69.8 cm³/mol. The SMILES string of the molecule is CCC1CC1Nc1ccc2ccccc2c1. The van der Waals surface area contributed by atoms with Crippen LogP contribution in [0.5, 0.6) is 0 Å². The zero-order chi connectivity index (χ0) is 11.0. The fraction of sp³-hybridized carbons (Fsp3) is 0.333. The average Bonchev–Trinajstić information content (AvgIpc) is 3.07. The molecule has 82 valence electrons. The summed E-state index contributed by atoms with van der Waals surface area (Å²) in [4.78, 5) is 0. The van der Waals surface area contributed by atoms with Gasteiger partial charge in [0.1, 0.15) is 0 Å². The zero-order valence-electron chi connectivity index (χ0n) is 9.61. The van der Waals surface area contributed by atoms with Crippen molar-refractivity contribution in [3.05, 3.63) is 42.5 Å². The van der Waals surface area contributed by atoms with Crippen LogP contribution in [0.1, 0.15) is 19.8 Å². The minimum atomic E-state index is 0.714. The second-order valence-electron chi connectivity index (χ2n) is 4.72. The molecule has 0 aliphatic heterocycles. The van der Waals surface area contributed by atoms with Crippen molar-refractivity contribution in [3.8, 4) is 0 Å². The molecule has 0 spiro atoms. The van der Waals surface area contributed by atoms with Crippen LogP contribution in [0, 0.1) is 5.92 Å². The highest BCUT2D eigenvalue weighted by atomic mass is 15.0. The monoisotopic (exact) mass is 211 g/mol. The van der Waals surface area contributed by atoms with Crippen LogP contribution in [-0.2, 0) is 0 Å². The fourth-order valence-corrected chi connectivity index (χ4v) is 2.37. The van der Waals surface area contributed by atoms with E-state index in [0.717, 1.165) is 5.92 Å². The van der Waals surface area contributed by atoms with Gasteiger partial charge in [-0.3, -0.25) is 0 Å². The van der Waals surface area contributed by atoms with Crippen molar-refractivity contribution in [2.45, 2.75) is 25.8 Å². The predicted octanol–water partition coefficient (Wildman–Crippen LogP) is 4.05. The first kappa shape index (κ1) is 9.71. The summed E-state index contributed by atoms with van der Waals surface area (Å²) in [6.07, 6.45) is 2.63. The normalized spacial score (nSPS) is 23.3. The second-order valence-corrected chi connectivity index (χ2v) is 4.72. The summed E-state index contributed by atoms with van der Waals surface area (Å²) < 4.78 is 0. The molecule has 1 heteroatoms. The maximum atomic E-state index is 3.61. The number of rotatable bonds is 3. The maximum absolute atomic E-state index is 3.61. The number of hydrogen-bond acceptors (Lipinski definition) is 1. The molecule has 0 saturated heterocycles. The van der Waals surface area contributed by atoms with Gasteiger partial charge >= 0.3 is 0 Å². The molecule has 0 amide bonds. The molecule has 1 saturated carbocycles. The van der Waals surface area contributed by atoms with Gasteiger partial charge < -0.3 is 5.32 Å². The van der Waals surface area contributed by atoms with Gasteiger partial charge in [0, 0.05) is 11.7 Å². The van der Waals surface area contributed by atoms with E-state index in [4.69, 9.17) is 0 Å². The van der Waals surface area contributed by atoms with Crippen molar-refractivity contribution < 1.29 is 0 Å². The number of anilines is 1. The van der Waals surface area contributed by atoms with Crippen LogP contribution in [-0.4, -0.2) is 6.04 Å². The average molecular weight is 211 g/mol. The van der Waals surface area contributed by atoms with E-state index in [9.17, 15) is 0 Å². The van der Waals surface area contributed by atoms with Crippen LogP contribution in [0.2, 0.25) is 0 Å². The van der Waals surface area contributed by atoms with Crippen LogP contribution in [0.25, 0.3) is 10.8 Å². The largest absolute Gasteiger partial charge is 0.382 e. The Balaban J connectivity index is 1.83. The Kier molecular flexibility index (Phi) is 2.32. The van der Waals surface area contributed by atoms with E-state index in [0.29, 0.717) is 6.04 Å². The number of fused-ring (bicyclic) bond motifs is 1. The van der Waals surface area contributed by atoms with E-state index >= 15 is 0 Å². The van der Waals surface area contributed by atoms with Crippen molar-refractivity contribution in [2.75, 3.05) is 5.32 Å². The molecule has 0 aromatic heterocycles. The molecule has 16 heavy (non-hydrogen) atoms. The number of hydrogen-bond donors (Lipinski definition) is 1. The number of benzene rings is 2. The van der Waals surface area contributed by atoms with Crippen molar-refractivity contribution in [1.29, 1.82) is 0 Å². The molecule has 2 aromatic rings. The molecule has 0 bridgehead atoms. The summed E-state index contributed by atoms with van der Waals surface area (Å²) >= 11 is 0. The summed E-state index contributed by atoms with van der Waals surface area (Å²) in [7, 11) is 0. The third-order valence-electron chi connectivity index (χ3n) is 3.55. The van der Waals surface area contributed by atoms with Gasteiger partial charge in [-0.05, 0) is 35.2 Å². The van der Waals surface area contributed by atoms with Crippen molar-refractivity contribution in [3.63, 3.8) is 0 Å². The molecule has 1 fully saturated rings. The van der Waals surface area contributed by atoms with E-state index < -0.39 is 0 Å². The van der Waals surface area contributed by atoms with E-state index in [-0.39, 0.29) is 0 Å². The van der Waals surface area contributed by atoms with Crippen LogP contribution in [0.3, 0.4) is 0 Å². The third-order valence-corrected chi connectivity index (χ3v) is 3.55. The quantitative estimate of drug-likeness (QED) is 0.807. The number of nitrogens with one attached hydrogen (secondary N) is 1. The lowest BCUT2D eigenvalue weighted by atomic mass is 10.1. The summed E-state index contributed by atoms with van der Waals surface area (Å²) in [5.74, 6) is 0.895. The molecular weight excluding hydrogens is 194 g/mol. The van der Waals surface area contributed by atoms with Crippen LogP contribution in [0.15, 0.2) is 42.5 Å². The Morgan fingerprint density at radius 3 is 2.69 bits per heavy atom. The fourth-order valence-electron chi connectivity index (χ4n) is 2.37. The van der Waals surface area contributed by atoms with E-state index in [1.54, 1.807) is 0 Å². The van der Waals surface area contributed by atoms with Crippen molar-refractivity contribution in [2.24, 2.45) is 5.92 Å². The minimum absolute atomic E-state index is 0.714. The van der Waals surface area contributed by atoms with Crippen molar-refractivity contribution >= 4 is 16.5 Å². The second kappa shape index (κ2) is 3.82. The van der Waals surface area contributed by atoms with E-state index in [2.05, 4.69) is 54.7 Å². The first-order valence-corrected chi connectivity index (χ1v) is 6.12. The smallest absolute Gasteiger partial charge is 0.0348 e. The highest BCUT2D eigenvalue weighted by Gasteiger charge is 2.34. The Bertz CT molecular complexity index is 504. The first-order chi connectivity index (χ1) is 7.86. The lowest BCUT2D eigenvalue weighted by Gasteiger charge is -2.06. The van der Waals surface area contributed by atoms with Gasteiger partial charge in [-0.1, -0.05) is 43.7 Å². The van der Waals surface area contributed by atoms with Gasteiger partial charge in [-0.25, -0.2) is 0 Å². The van der Waals surface area contributed by atoms with Crippen LogP contribution in [0.4, 0.5) is 5.69 Å². The standard InChI is InChI=1S/C15H17N/c1-2-11-10-15(11)16-14-8-7-12-5-3-4-6-13(12)9-14/h3-9,11,15-16H,2,10H2,1H3. The molecule has 0 radical (unpaired) electrons. The Hall–Kier alpha value is -1.50. The first-order valence-electron chi connectivity index (χ1n) is 6.12. The third kappa shape index (κ3) is 1.78. The highest BCUT2D eigenvalue weighted by molar-refractivity contribution is 5.85. The van der Waals surface area contributed by atoms with Gasteiger partial charge in [-0.15, -0.1) is 0 Å². The molecule has 1 aliphatic carbocycles. The molecule has 2 unspecified atom stereocenters. The summed E-state index contributed by atoms with van der Waals surface area (Å²) in [5, 5.41) is 6.25. The Morgan fingerprint density at radius 1 is 1.12 bits per heavy atom. The molecule has 3 rings (SSSR count). The van der Waals surface area contributed by atoms with Gasteiger partial charge in [0.15, 0.2) is 0 Å². The lowest BCUT2D eigenvalue weighted by molar-refractivity contribution is 0.775. The Labute approximate surface area is 96.5 Å². The van der Waals surface area contributed by atoms with Gasteiger partial charge in [0.2, 0.25) is 0 Å². The van der Waals surface area contributed by atoms with E-state index in [1.165, 1.54) is 29.3 Å². The molecule has 2 aromatic carbocycles. The van der Waals surface area contributed by atoms with Gasteiger partial charge in [-0.2, -0.15) is 0 Å². The summed E-state index contributed by atoms with van der Waals surface area (Å²) in [5.41, 5.74) is 1.26. The van der Waals surface area contributed by atoms with Crippen molar-refractivity contribution in [1.82, 2.24) is 0 Å². The van der Waals surface area contributed by atoms with Crippen LogP contribution < -0.4 is 5.32 Å². The van der Waals surface area contributed by atoms with Crippen LogP contribution >= 0.6 is 0 Å². The topological polar surface area (TPSA) is 12.0 Å². The minimum Gasteiger partial charge on any atom is -0.382 e. The highest BCUT2D eigenvalue weighted by Crippen LogP contribution is 2.36. The zero-order valence-corrected chi connectivity index (χ0v) is 9.61. The molecular formula is C15H17N. The molecule has 0 heterocycles. The van der Waals surface area contributed by atoms with E-state index in [1.807, 2.05) is 0 Å².